The summed E-state index contributed by atoms with van der Waals surface area (Å²) < 4.78 is 6.52. The maximum Gasteiger partial charge on any atom is 0.275 e. The summed E-state index contributed by atoms with van der Waals surface area (Å²) >= 11 is 3.48. The van der Waals surface area contributed by atoms with Gasteiger partial charge in [-0.2, -0.15) is 5.10 Å². The van der Waals surface area contributed by atoms with Gasteiger partial charge in [0.15, 0.2) is 5.69 Å². The summed E-state index contributed by atoms with van der Waals surface area (Å²) in [6, 6.07) is 7.92. The number of ether oxygens (including phenoxy) is 1. The van der Waals surface area contributed by atoms with Gasteiger partial charge in [-0.25, -0.2) is 0 Å². The van der Waals surface area contributed by atoms with Gasteiger partial charge in [-0.3, -0.25) is 9.89 Å². The third kappa shape index (κ3) is 4.38. The second-order valence-electron chi connectivity index (χ2n) is 6.15. The minimum atomic E-state index is -0.0964. The lowest BCUT2D eigenvalue weighted by Gasteiger charge is -2.16. The zero-order valence-electron chi connectivity index (χ0n) is 14.6. The molecule has 0 fully saturated rings. The van der Waals surface area contributed by atoms with E-state index in [1.807, 2.05) is 31.2 Å². The Balaban J connectivity index is 1.85. The van der Waals surface area contributed by atoms with E-state index in [4.69, 9.17) is 4.74 Å². The Bertz CT molecular complexity index is 697. The van der Waals surface area contributed by atoms with E-state index in [2.05, 4.69) is 40.0 Å². The van der Waals surface area contributed by atoms with Crippen LogP contribution in [0, 0.1) is 6.92 Å². The second-order valence-corrected chi connectivity index (χ2v) is 6.94. The lowest BCUT2D eigenvalue weighted by atomic mass is 10.1. The maximum atomic E-state index is 12.5. The standard InChI is InChI=1S/C18H24BrN3O2/c1-12(2)16-15(19)17(21-20-16)18(23)22(4)10-7-11-24-14-9-6-5-8-13(14)3/h5-6,8-9,12H,7,10-11H2,1-4H3,(H,20,21). The van der Waals surface area contributed by atoms with Crippen LogP contribution in [0.15, 0.2) is 28.7 Å². The van der Waals surface area contributed by atoms with Gasteiger partial charge >= 0.3 is 0 Å². The number of rotatable bonds is 7. The number of para-hydroxylation sites is 1. The van der Waals surface area contributed by atoms with Crippen molar-refractivity contribution in [2.24, 2.45) is 0 Å². The van der Waals surface area contributed by atoms with E-state index in [-0.39, 0.29) is 11.8 Å². The van der Waals surface area contributed by atoms with E-state index in [1.165, 1.54) is 0 Å². The first-order chi connectivity index (χ1) is 11.4. The number of aromatic amines is 1. The van der Waals surface area contributed by atoms with Crippen LogP contribution in [0.3, 0.4) is 0 Å². The van der Waals surface area contributed by atoms with Crippen LogP contribution < -0.4 is 4.74 Å². The predicted octanol–water partition coefficient (Wildman–Crippen LogP) is 4.15. The monoisotopic (exact) mass is 393 g/mol. The van der Waals surface area contributed by atoms with Crippen molar-refractivity contribution in [3.05, 3.63) is 45.7 Å². The van der Waals surface area contributed by atoms with Gasteiger partial charge < -0.3 is 9.64 Å². The Hall–Kier alpha value is -1.82. The summed E-state index contributed by atoms with van der Waals surface area (Å²) in [6.07, 6.45) is 0.760. The van der Waals surface area contributed by atoms with Gasteiger partial charge in [0.2, 0.25) is 0 Å². The minimum absolute atomic E-state index is 0.0964. The molecular weight excluding hydrogens is 370 g/mol. The van der Waals surface area contributed by atoms with Gasteiger partial charge in [-0.15, -0.1) is 0 Å². The summed E-state index contributed by atoms with van der Waals surface area (Å²) in [4.78, 5) is 14.2. The first-order valence-corrected chi connectivity index (χ1v) is 8.88. The third-order valence-corrected chi connectivity index (χ3v) is 4.65. The van der Waals surface area contributed by atoms with Gasteiger partial charge in [0, 0.05) is 13.6 Å². The van der Waals surface area contributed by atoms with E-state index in [0.717, 1.165) is 27.9 Å². The minimum Gasteiger partial charge on any atom is -0.493 e. The number of carbonyl (C=O) groups excluding carboxylic acids is 1. The largest absolute Gasteiger partial charge is 0.493 e. The molecule has 0 bridgehead atoms. The molecule has 6 heteroatoms. The topological polar surface area (TPSA) is 58.2 Å². The Morgan fingerprint density at radius 3 is 2.71 bits per heavy atom. The van der Waals surface area contributed by atoms with Crippen LogP contribution in [0.1, 0.15) is 47.9 Å². The van der Waals surface area contributed by atoms with E-state index in [9.17, 15) is 4.79 Å². The SMILES string of the molecule is Cc1ccccc1OCCCN(C)C(=O)c1n[nH]c(C(C)C)c1Br. The molecule has 0 unspecified atom stereocenters. The fourth-order valence-electron chi connectivity index (χ4n) is 2.35. The van der Waals surface area contributed by atoms with Crippen LogP contribution in [-0.2, 0) is 0 Å². The smallest absolute Gasteiger partial charge is 0.275 e. The normalized spacial score (nSPS) is 10.9. The average Bonchev–Trinajstić information content (AvgIpc) is 2.94. The van der Waals surface area contributed by atoms with Crippen LogP contribution in [0.25, 0.3) is 0 Å². The number of carbonyl (C=O) groups is 1. The van der Waals surface area contributed by atoms with Crippen LogP contribution in [-0.4, -0.2) is 41.2 Å². The maximum absolute atomic E-state index is 12.5. The molecule has 24 heavy (non-hydrogen) atoms. The zero-order valence-corrected chi connectivity index (χ0v) is 16.2. The van der Waals surface area contributed by atoms with Crippen LogP contribution in [0.4, 0.5) is 0 Å². The molecule has 0 saturated carbocycles. The fraction of sp³-hybridized carbons (Fsp3) is 0.444. The highest BCUT2D eigenvalue weighted by Crippen LogP contribution is 2.26. The third-order valence-electron chi connectivity index (χ3n) is 3.85. The molecule has 0 aliphatic carbocycles. The van der Waals surface area contributed by atoms with Crippen molar-refractivity contribution >= 4 is 21.8 Å². The number of hydrogen-bond donors (Lipinski definition) is 1. The fourth-order valence-corrected chi connectivity index (χ4v) is 3.16. The van der Waals surface area contributed by atoms with Crippen molar-refractivity contribution in [3.8, 4) is 5.75 Å². The summed E-state index contributed by atoms with van der Waals surface area (Å²) in [5.41, 5.74) is 2.49. The summed E-state index contributed by atoms with van der Waals surface area (Å²) in [6.45, 7) is 7.31. The molecular formula is C18H24BrN3O2. The van der Waals surface area contributed by atoms with Gasteiger partial charge in [0.25, 0.3) is 5.91 Å². The van der Waals surface area contributed by atoms with Crippen molar-refractivity contribution < 1.29 is 9.53 Å². The molecule has 0 spiro atoms. The van der Waals surface area contributed by atoms with Crippen molar-refractivity contribution in [2.75, 3.05) is 20.2 Å². The molecule has 130 valence electrons. The number of halogens is 1. The average molecular weight is 394 g/mol. The molecule has 1 aromatic carbocycles. The first kappa shape index (κ1) is 18.5. The molecule has 1 aromatic heterocycles. The number of amides is 1. The molecule has 0 radical (unpaired) electrons. The van der Waals surface area contributed by atoms with Crippen molar-refractivity contribution in [3.63, 3.8) is 0 Å². The molecule has 0 atom stereocenters. The molecule has 1 amide bonds. The van der Waals surface area contributed by atoms with E-state index >= 15 is 0 Å². The lowest BCUT2D eigenvalue weighted by Crippen LogP contribution is -2.29. The highest BCUT2D eigenvalue weighted by Gasteiger charge is 2.21. The Labute approximate surface area is 151 Å². The van der Waals surface area contributed by atoms with Crippen LogP contribution in [0.2, 0.25) is 0 Å². The second kappa shape index (κ2) is 8.33. The van der Waals surface area contributed by atoms with Gasteiger partial charge in [-0.05, 0) is 46.8 Å². The highest BCUT2D eigenvalue weighted by molar-refractivity contribution is 9.10. The number of aromatic nitrogens is 2. The Morgan fingerprint density at radius 2 is 2.08 bits per heavy atom. The molecule has 0 saturated heterocycles. The van der Waals surface area contributed by atoms with Gasteiger partial charge in [0.05, 0.1) is 16.8 Å². The van der Waals surface area contributed by atoms with Crippen molar-refractivity contribution in [1.82, 2.24) is 15.1 Å². The number of nitrogens with one attached hydrogen (secondary N) is 1. The van der Waals surface area contributed by atoms with Crippen LogP contribution in [0.5, 0.6) is 5.75 Å². The van der Waals surface area contributed by atoms with Crippen molar-refractivity contribution in [2.45, 2.75) is 33.1 Å². The molecule has 5 nitrogen and oxygen atoms in total. The number of nitrogens with zero attached hydrogens (tertiary/aromatic N) is 2. The predicted molar refractivity (Wildman–Crippen MR) is 98.6 cm³/mol. The van der Waals surface area contributed by atoms with Gasteiger partial charge in [-0.1, -0.05) is 32.0 Å². The summed E-state index contributed by atoms with van der Waals surface area (Å²) in [7, 11) is 1.78. The number of benzene rings is 1. The molecule has 1 heterocycles. The first-order valence-electron chi connectivity index (χ1n) is 8.09. The highest BCUT2D eigenvalue weighted by atomic mass is 79.9. The van der Waals surface area contributed by atoms with Gasteiger partial charge in [0.1, 0.15) is 5.75 Å². The van der Waals surface area contributed by atoms with E-state index in [0.29, 0.717) is 18.8 Å². The van der Waals surface area contributed by atoms with Crippen LogP contribution >= 0.6 is 15.9 Å². The molecule has 2 aromatic rings. The Morgan fingerprint density at radius 1 is 1.38 bits per heavy atom. The molecule has 1 N–H and O–H groups in total. The number of hydrogen-bond acceptors (Lipinski definition) is 3. The van der Waals surface area contributed by atoms with E-state index in [1.54, 1.807) is 11.9 Å². The number of H-pyrrole nitrogens is 1. The lowest BCUT2D eigenvalue weighted by molar-refractivity contribution is 0.0781. The summed E-state index contributed by atoms with van der Waals surface area (Å²) in [5, 5.41) is 7.09. The Kier molecular flexibility index (Phi) is 6.43. The molecule has 2 rings (SSSR count). The molecule has 0 aliphatic rings. The van der Waals surface area contributed by atoms with Crippen molar-refractivity contribution in [1.29, 1.82) is 0 Å². The zero-order chi connectivity index (χ0) is 17.7. The quantitative estimate of drug-likeness (QED) is 0.718. The van der Waals surface area contributed by atoms with E-state index < -0.39 is 0 Å². The number of aryl methyl sites for hydroxylation is 1. The summed E-state index contributed by atoms with van der Waals surface area (Å²) in [5.74, 6) is 1.07. The molecule has 0 aliphatic heterocycles.